The lowest BCUT2D eigenvalue weighted by molar-refractivity contribution is -0.117. The van der Waals surface area contributed by atoms with Gasteiger partial charge in [0.15, 0.2) is 5.78 Å². The zero-order chi connectivity index (χ0) is 11.8. The Morgan fingerprint density at radius 3 is 2.75 bits per heavy atom. The molecule has 1 aromatic heterocycles. The van der Waals surface area contributed by atoms with Crippen molar-refractivity contribution in [3.63, 3.8) is 0 Å². The lowest BCUT2D eigenvalue weighted by atomic mass is 9.79. The molecular formula is C12H14BrNOS. The third kappa shape index (κ3) is 2.74. The van der Waals surface area contributed by atoms with Crippen molar-refractivity contribution < 1.29 is 4.79 Å². The molecule has 2 rings (SSSR count). The second-order valence-electron chi connectivity index (χ2n) is 4.88. The van der Waals surface area contributed by atoms with Gasteiger partial charge in [0.1, 0.15) is 5.00 Å². The second kappa shape index (κ2) is 4.34. The molecule has 4 heteroatoms. The first-order valence-corrected chi connectivity index (χ1v) is 6.87. The zero-order valence-corrected chi connectivity index (χ0v) is 11.7. The summed E-state index contributed by atoms with van der Waals surface area (Å²) in [7, 11) is 0. The van der Waals surface area contributed by atoms with Crippen LogP contribution in [0.25, 0.3) is 0 Å². The molecule has 0 unspecified atom stereocenters. The fourth-order valence-electron chi connectivity index (χ4n) is 1.96. The Morgan fingerprint density at radius 2 is 2.19 bits per heavy atom. The Morgan fingerprint density at radius 1 is 1.44 bits per heavy atom. The summed E-state index contributed by atoms with van der Waals surface area (Å²) >= 11 is 5.11. The number of hydrogen-bond donors (Lipinski definition) is 1. The molecule has 0 radical (unpaired) electrons. The number of ketones is 1. The summed E-state index contributed by atoms with van der Waals surface area (Å²) in [4.78, 5) is 11.6. The maximum absolute atomic E-state index is 11.6. The van der Waals surface area contributed by atoms with Crippen LogP contribution in [-0.2, 0) is 4.79 Å². The molecule has 1 aliphatic rings. The highest BCUT2D eigenvalue weighted by atomic mass is 79.9. The molecule has 0 saturated carbocycles. The molecular weight excluding hydrogens is 286 g/mol. The van der Waals surface area contributed by atoms with Crippen LogP contribution in [0, 0.1) is 5.41 Å². The predicted molar refractivity (Wildman–Crippen MR) is 71.7 cm³/mol. The Kier molecular flexibility index (Phi) is 3.22. The van der Waals surface area contributed by atoms with Gasteiger partial charge in [0.2, 0.25) is 0 Å². The molecule has 0 fully saturated rings. The van der Waals surface area contributed by atoms with Gasteiger partial charge in [-0.1, -0.05) is 13.8 Å². The van der Waals surface area contributed by atoms with Crippen LogP contribution in [0.15, 0.2) is 27.7 Å². The largest absolute Gasteiger partial charge is 0.350 e. The van der Waals surface area contributed by atoms with Crippen molar-refractivity contribution in [2.75, 3.05) is 5.32 Å². The SMILES string of the molecule is CC1(C)CC(=O)C=C(Nc2sccc2Br)C1. The van der Waals surface area contributed by atoms with E-state index in [1.54, 1.807) is 17.4 Å². The number of carbonyl (C=O) groups is 1. The quantitative estimate of drug-likeness (QED) is 0.887. The first-order chi connectivity index (χ1) is 7.46. The van der Waals surface area contributed by atoms with E-state index in [9.17, 15) is 4.79 Å². The highest BCUT2D eigenvalue weighted by molar-refractivity contribution is 9.10. The highest BCUT2D eigenvalue weighted by Crippen LogP contribution is 2.36. The number of anilines is 1. The number of nitrogens with one attached hydrogen (secondary N) is 1. The lowest BCUT2D eigenvalue weighted by Crippen LogP contribution is -2.24. The van der Waals surface area contributed by atoms with Crippen LogP contribution in [-0.4, -0.2) is 5.78 Å². The van der Waals surface area contributed by atoms with Gasteiger partial charge in [-0.15, -0.1) is 11.3 Å². The molecule has 0 aliphatic heterocycles. The molecule has 0 aromatic carbocycles. The Balaban J connectivity index is 2.17. The van der Waals surface area contributed by atoms with E-state index < -0.39 is 0 Å². The van der Waals surface area contributed by atoms with E-state index in [1.807, 2.05) is 11.4 Å². The molecule has 0 saturated heterocycles. The van der Waals surface area contributed by atoms with Crippen LogP contribution in [0.1, 0.15) is 26.7 Å². The number of hydrogen-bond acceptors (Lipinski definition) is 3. The fourth-order valence-corrected chi connectivity index (χ4v) is 3.35. The van der Waals surface area contributed by atoms with Gasteiger partial charge in [0.25, 0.3) is 0 Å². The molecule has 2 nitrogen and oxygen atoms in total. The van der Waals surface area contributed by atoms with Crippen LogP contribution >= 0.6 is 27.3 Å². The molecule has 0 amide bonds. The first-order valence-electron chi connectivity index (χ1n) is 5.20. The topological polar surface area (TPSA) is 29.1 Å². The average molecular weight is 300 g/mol. The summed E-state index contributed by atoms with van der Waals surface area (Å²) in [5.74, 6) is 0.214. The summed E-state index contributed by atoms with van der Waals surface area (Å²) in [6.45, 7) is 4.26. The summed E-state index contributed by atoms with van der Waals surface area (Å²) < 4.78 is 1.05. The standard InChI is InChI=1S/C12H14BrNOS/c1-12(2)6-8(5-9(15)7-12)14-11-10(13)3-4-16-11/h3-5,14H,6-7H2,1-2H3. The van der Waals surface area contributed by atoms with Crippen molar-refractivity contribution in [1.29, 1.82) is 0 Å². The van der Waals surface area contributed by atoms with Crippen molar-refractivity contribution >= 4 is 38.1 Å². The van der Waals surface area contributed by atoms with Crippen LogP contribution in [0.3, 0.4) is 0 Å². The van der Waals surface area contributed by atoms with E-state index in [-0.39, 0.29) is 11.2 Å². The van der Waals surface area contributed by atoms with E-state index >= 15 is 0 Å². The van der Waals surface area contributed by atoms with Crippen molar-refractivity contribution in [1.82, 2.24) is 0 Å². The van der Waals surface area contributed by atoms with E-state index in [2.05, 4.69) is 35.1 Å². The third-order valence-corrected chi connectivity index (χ3v) is 4.30. The van der Waals surface area contributed by atoms with Gasteiger partial charge in [0.05, 0.1) is 4.47 Å². The van der Waals surface area contributed by atoms with Crippen molar-refractivity contribution in [3.8, 4) is 0 Å². The average Bonchev–Trinajstić information content (AvgIpc) is 2.48. The monoisotopic (exact) mass is 299 g/mol. The van der Waals surface area contributed by atoms with Gasteiger partial charge in [-0.3, -0.25) is 4.79 Å². The van der Waals surface area contributed by atoms with Gasteiger partial charge < -0.3 is 5.32 Å². The van der Waals surface area contributed by atoms with Crippen LogP contribution in [0.4, 0.5) is 5.00 Å². The van der Waals surface area contributed by atoms with Crippen molar-refractivity contribution in [3.05, 3.63) is 27.7 Å². The summed E-state index contributed by atoms with van der Waals surface area (Å²) in [6, 6.07) is 2.00. The number of carbonyl (C=O) groups excluding carboxylic acids is 1. The molecule has 1 aromatic rings. The zero-order valence-electron chi connectivity index (χ0n) is 9.34. The minimum absolute atomic E-state index is 0.0674. The Hall–Kier alpha value is -0.610. The predicted octanol–water partition coefficient (Wildman–Crippen LogP) is 4.20. The third-order valence-electron chi connectivity index (χ3n) is 2.55. The first kappa shape index (κ1) is 11.9. The fraction of sp³-hybridized carbons (Fsp3) is 0.417. The van der Waals surface area contributed by atoms with Gasteiger partial charge >= 0.3 is 0 Å². The molecule has 0 atom stereocenters. The number of allylic oxidation sites excluding steroid dienone is 2. The maximum atomic E-state index is 11.6. The Labute approximate surface area is 108 Å². The van der Waals surface area contributed by atoms with Crippen molar-refractivity contribution in [2.45, 2.75) is 26.7 Å². The summed E-state index contributed by atoms with van der Waals surface area (Å²) in [6.07, 6.45) is 3.30. The number of rotatable bonds is 2. The maximum Gasteiger partial charge on any atom is 0.157 e. The summed E-state index contributed by atoms with van der Waals surface area (Å²) in [5, 5.41) is 6.41. The number of halogens is 1. The molecule has 1 heterocycles. The molecule has 16 heavy (non-hydrogen) atoms. The molecule has 1 aliphatic carbocycles. The van der Waals surface area contributed by atoms with Crippen LogP contribution < -0.4 is 5.32 Å². The molecule has 1 N–H and O–H groups in total. The van der Waals surface area contributed by atoms with Crippen LogP contribution in [0.5, 0.6) is 0 Å². The molecule has 86 valence electrons. The van der Waals surface area contributed by atoms with Gasteiger partial charge in [-0.2, -0.15) is 0 Å². The smallest absolute Gasteiger partial charge is 0.157 e. The molecule has 0 bridgehead atoms. The summed E-state index contributed by atoms with van der Waals surface area (Å²) in [5.41, 5.74) is 1.09. The van der Waals surface area contributed by atoms with Crippen LogP contribution in [0.2, 0.25) is 0 Å². The minimum atomic E-state index is 0.0674. The second-order valence-corrected chi connectivity index (χ2v) is 6.65. The Bertz CT molecular complexity index is 448. The van der Waals surface area contributed by atoms with E-state index in [1.165, 1.54) is 0 Å². The lowest BCUT2D eigenvalue weighted by Gasteiger charge is -2.29. The molecule has 0 spiro atoms. The highest BCUT2D eigenvalue weighted by Gasteiger charge is 2.27. The van der Waals surface area contributed by atoms with Gasteiger partial charge in [0, 0.05) is 18.2 Å². The van der Waals surface area contributed by atoms with E-state index in [0.717, 1.165) is 21.6 Å². The van der Waals surface area contributed by atoms with E-state index in [0.29, 0.717) is 6.42 Å². The normalized spacial score (nSPS) is 19.4. The van der Waals surface area contributed by atoms with Crippen molar-refractivity contribution in [2.24, 2.45) is 5.41 Å². The minimum Gasteiger partial charge on any atom is -0.350 e. The number of thiophene rings is 1. The van der Waals surface area contributed by atoms with Gasteiger partial charge in [-0.05, 0) is 39.2 Å². The van der Waals surface area contributed by atoms with Gasteiger partial charge in [-0.25, -0.2) is 0 Å². The van der Waals surface area contributed by atoms with E-state index in [4.69, 9.17) is 0 Å².